The van der Waals surface area contributed by atoms with Crippen molar-refractivity contribution >= 4 is 16.9 Å². The molecule has 26 heavy (non-hydrogen) atoms. The van der Waals surface area contributed by atoms with Gasteiger partial charge in [0.15, 0.2) is 0 Å². The molecule has 0 atom stereocenters. The van der Waals surface area contributed by atoms with E-state index in [2.05, 4.69) is 9.72 Å². The van der Waals surface area contributed by atoms with Crippen molar-refractivity contribution in [3.8, 4) is 17.0 Å². The van der Waals surface area contributed by atoms with Gasteiger partial charge in [0.05, 0.1) is 12.1 Å². The smallest absolute Gasteiger partial charge is 0.481 e. The monoisotopic (exact) mass is 371 g/mol. The van der Waals surface area contributed by atoms with E-state index < -0.39 is 36.1 Å². The Kier molecular flexibility index (Phi) is 4.31. The maximum Gasteiger partial charge on any atom is 0.573 e. The number of nitrogens with one attached hydrogen (secondary N) is 1. The molecule has 1 heterocycles. The highest BCUT2D eigenvalue weighted by Crippen LogP contribution is 2.35. The minimum Gasteiger partial charge on any atom is -0.481 e. The summed E-state index contributed by atoms with van der Waals surface area (Å²) in [6.45, 7) is 0. The van der Waals surface area contributed by atoms with E-state index in [4.69, 9.17) is 5.11 Å². The van der Waals surface area contributed by atoms with Gasteiger partial charge in [-0.3, -0.25) is 4.79 Å². The average Bonchev–Trinajstić information content (AvgIpc) is 2.83. The number of carboxylic acids is 1. The van der Waals surface area contributed by atoms with E-state index in [1.165, 1.54) is 6.07 Å². The lowest BCUT2D eigenvalue weighted by atomic mass is 10.0. The molecule has 1 aromatic heterocycles. The zero-order valence-corrected chi connectivity index (χ0v) is 12.8. The number of carboxylic acid groups (broad SMARTS) is 1. The lowest BCUT2D eigenvalue weighted by Crippen LogP contribution is -2.17. The number of ether oxygens (including phenoxy) is 1. The summed E-state index contributed by atoms with van der Waals surface area (Å²) in [5.74, 6) is -3.56. The van der Waals surface area contributed by atoms with Crippen LogP contribution in [0, 0.1) is 11.6 Å². The highest BCUT2D eigenvalue weighted by atomic mass is 19.4. The topological polar surface area (TPSA) is 62.3 Å². The number of benzene rings is 2. The number of fused-ring (bicyclic) bond motifs is 1. The van der Waals surface area contributed by atoms with E-state index in [0.717, 1.165) is 24.3 Å². The van der Waals surface area contributed by atoms with Crippen molar-refractivity contribution < 1.29 is 36.6 Å². The number of rotatable bonds is 4. The minimum absolute atomic E-state index is 0.0454. The Morgan fingerprint density at radius 2 is 1.85 bits per heavy atom. The standard InChI is InChI=1S/C17H10F5NO3/c18-8-1-3-10(13(19)5-8)16-12(7-15(24)25)11-6-9(26-17(20,21)22)2-4-14(11)23-16/h1-6,23H,7H2,(H,24,25). The van der Waals surface area contributed by atoms with Gasteiger partial charge in [-0.2, -0.15) is 0 Å². The van der Waals surface area contributed by atoms with Crippen molar-refractivity contribution in [2.24, 2.45) is 0 Å². The molecule has 0 aliphatic carbocycles. The number of hydrogen-bond donors (Lipinski definition) is 2. The first kappa shape index (κ1) is 17.7. The first-order chi connectivity index (χ1) is 12.1. The molecule has 0 bridgehead atoms. The molecule has 0 aliphatic heterocycles. The third-order valence-corrected chi connectivity index (χ3v) is 3.64. The first-order valence-corrected chi connectivity index (χ1v) is 7.21. The van der Waals surface area contributed by atoms with Gasteiger partial charge in [0.25, 0.3) is 0 Å². The molecule has 3 aromatic rings. The lowest BCUT2D eigenvalue weighted by molar-refractivity contribution is -0.274. The SMILES string of the molecule is O=C(O)Cc1c(-c2ccc(F)cc2F)[nH]c2ccc(OC(F)(F)F)cc12. The molecular formula is C17H10F5NO3. The maximum atomic E-state index is 14.1. The van der Waals surface area contributed by atoms with E-state index in [1.807, 2.05) is 0 Å². The van der Waals surface area contributed by atoms with Crippen LogP contribution in [-0.4, -0.2) is 22.4 Å². The van der Waals surface area contributed by atoms with Gasteiger partial charge in [-0.1, -0.05) is 0 Å². The van der Waals surface area contributed by atoms with Gasteiger partial charge in [-0.15, -0.1) is 13.2 Å². The second kappa shape index (κ2) is 6.32. The summed E-state index contributed by atoms with van der Waals surface area (Å²) in [7, 11) is 0. The van der Waals surface area contributed by atoms with E-state index >= 15 is 0 Å². The lowest BCUT2D eigenvalue weighted by Gasteiger charge is -2.09. The Morgan fingerprint density at radius 1 is 1.12 bits per heavy atom. The Hall–Kier alpha value is -3.10. The quantitative estimate of drug-likeness (QED) is 0.657. The van der Waals surface area contributed by atoms with Crippen molar-refractivity contribution in [2.45, 2.75) is 12.8 Å². The second-order valence-corrected chi connectivity index (χ2v) is 5.43. The van der Waals surface area contributed by atoms with Gasteiger partial charge in [0.2, 0.25) is 0 Å². The fourth-order valence-electron chi connectivity index (χ4n) is 2.68. The van der Waals surface area contributed by atoms with Crippen molar-refractivity contribution in [3.05, 3.63) is 53.6 Å². The van der Waals surface area contributed by atoms with Gasteiger partial charge in [-0.25, -0.2) is 8.78 Å². The van der Waals surface area contributed by atoms with Crippen LogP contribution in [0.25, 0.3) is 22.2 Å². The number of hydrogen-bond acceptors (Lipinski definition) is 2. The van der Waals surface area contributed by atoms with Crippen molar-refractivity contribution in [1.82, 2.24) is 4.98 Å². The highest BCUT2D eigenvalue weighted by molar-refractivity contribution is 5.94. The van der Waals surface area contributed by atoms with Crippen LogP contribution in [0.5, 0.6) is 5.75 Å². The minimum atomic E-state index is -4.91. The molecule has 0 radical (unpaired) electrons. The van der Waals surface area contributed by atoms with Gasteiger partial charge < -0.3 is 14.8 Å². The summed E-state index contributed by atoms with van der Waals surface area (Å²) in [6.07, 6.45) is -5.50. The largest absolute Gasteiger partial charge is 0.573 e. The summed E-state index contributed by atoms with van der Waals surface area (Å²) >= 11 is 0. The molecule has 0 fully saturated rings. The zero-order valence-electron chi connectivity index (χ0n) is 12.8. The maximum absolute atomic E-state index is 14.1. The fraction of sp³-hybridized carbons (Fsp3) is 0.118. The predicted octanol–water partition coefficient (Wildman–Crippen LogP) is 4.64. The van der Waals surface area contributed by atoms with E-state index in [-0.39, 0.29) is 27.7 Å². The summed E-state index contributed by atoms with van der Waals surface area (Å²) in [5, 5.41) is 9.24. The molecular weight excluding hydrogens is 361 g/mol. The van der Waals surface area contributed by atoms with Crippen LogP contribution >= 0.6 is 0 Å². The summed E-state index contributed by atoms with van der Waals surface area (Å²) in [4.78, 5) is 13.9. The van der Waals surface area contributed by atoms with Crippen molar-refractivity contribution in [2.75, 3.05) is 0 Å². The predicted molar refractivity (Wildman–Crippen MR) is 81.7 cm³/mol. The number of alkyl halides is 3. The van der Waals surface area contributed by atoms with Crippen molar-refractivity contribution in [3.63, 3.8) is 0 Å². The van der Waals surface area contributed by atoms with E-state index in [1.54, 1.807) is 0 Å². The second-order valence-electron chi connectivity index (χ2n) is 5.43. The number of aliphatic carboxylic acids is 1. The molecule has 0 saturated carbocycles. The van der Waals surface area contributed by atoms with Gasteiger partial charge in [-0.05, 0) is 35.9 Å². The van der Waals surface area contributed by atoms with Gasteiger partial charge in [0, 0.05) is 22.5 Å². The van der Waals surface area contributed by atoms with Crippen molar-refractivity contribution in [1.29, 1.82) is 0 Å². The first-order valence-electron chi connectivity index (χ1n) is 7.21. The van der Waals surface area contributed by atoms with Crippen LogP contribution in [0.1, 0.15) is 5.56 Å². The molecule has 0 spiro atoms. The summed E-state index contributed by atoms with van der Waals surface area (Å²) in [6, 6.07) is 6.06. The number of carbonyl (C=O) groups is 1. The third-order valence-electron chi connectivity index (χ3n) is 3.64. The van der Waals surface area contributed by atoms with Crippen LogP contribution in [0.3, 0.4) is 0 Å². The van der Waals surface area contributed by atoms with Gasteiger partial charge in [0.1, 0.15) is 17.4 Å². The molecule has 0 saturated heterocycles. The van der Waals surface area contributed by atoms with E-state index in [9.17, 15) is 26.7 Å². The molecule has 0 aliphatic rings. The molecule has 3 rings (SSSR count). The van der Waals surface area contributed by atoms with Crippen LogP contribution < -0.4 is 4.74 Å². The Labute approximate surface area is 142 Å². The Morgan fingerprint density at radius 3 is 2.46 bits per heavy atom. The van der Waals surface area contributed by atoms with Gasteiger partial charge >= 0.3 is 12.3 Å². The number of aromatic amines is 1. The Balaban J connectivity index is 2.20. The molecule has 2 N–H and O–H groups in total. The Bertz CT molecular complexity index is 994. The van der Waals surface area contributed by atoms with Crippen LogP contribution in [-0.2, 0) is 11.2 Å². The number of H-pyrrole nitrogens is 1. The molecule has 2 aromatic carbocycles. The molecule has 0 unspecified atom stereocenters. The average molecular weight is 371 g/mol. The molecule has 0 amide bonds. The van der Waals surface area contributed by atoms with Crippen LogP contribution in [0.15, 0.2) is 36.4 Å². The number of aromatic nitrogens is 1. The number of halogens is 5. The molecule has 4 nitrogen and oxygen atoms in total. The molecule has 136 valence electrons. The zero-order chi connectivity index (χ0) is 19.1. The highest BCUT2D eigenvalue weighted by Gasteiger charge is 2.31. The normalized spacial score (nSPS) is 11.7. The van der Waals surface area contributed by atoms with Crippen LogP contribution in [0.2, 0.25) is 0 Å². The fourth-order valence-corrected chi connectivity index (χ4v) is 2.68. The summed E-state index contributed by atoms with van der Waals surface area (Å²) < 4.78 is 68.3. The molecule has 9 heteroatoms. The third kappa shape index (κ3) is 3.61. The van der Waals surface area contributed by atoms with E-state index in [0.29, 0.717) is 6.07 Å². The van der Waals surface area contributed by atoms with Crippen LogP contribution in [0.4, 0.5) is 22.0 Å². The summed E-state index contributed by atoms with van der Waals surface area (Å²) in [5.41, 5.74) is 0.293.